The molecule has 0 aromatic heterocycles. The van der Waals surface area contributed by atoms with Crippen LogP contribution in [0.25, 0.3) is 0 Å². The van der Waals surface area contributed by atoms with Crippen molar-refractivity contribution in [3.05, 3.63) is 0 Å². The molecule has 21 heavy (non-hydrogen) atoms. The van der Waals surface area contributed by atoms with Crippen LogP contribution in [0.1, 0.15) is 58.3 Å². The summed E-state index contributed by atoms with van der Waals surface area (Å²) >= 11 is 0. The lowest BCUT2D eigenvalue weighted by Crippen LogP contribution is -2.31. The highest BCUT2D eigenvalue weighted by Crippen LogP contribution is 2.13. The molecule has 1 fully saturated rings. The van der Waals surface area contributed by atoms with E-state index in [-0.39, 0.29) is 25.2 Å². The number of rotatable bonds is 9. The van der Waals surface area contributed by atoms with Crippen LogP contribution in [0, 0.1) is 0 Å². The fourth-order valence-corrected chi connectivity index (χ4v) is 1.93. The first-order valence-corrected chi connectivity index (χ1v) is 7.26. The van der Waals surface area contributed by atoms with E-state index in [9.17, 15) is 19.2 Å². The van der Waals surface area contributed by atoms with Gasteiger partial charge in [0.2, 0.25) is 0 Å². The van der Waals surface area contributed by atoms with Crippen molar-refractivity contribution in [3.63, 3.8) is 0 Å². The van der Waals surface area contributed by atoms with Gasteiger partial charge in [0.15, 0.2) is 0 Å². The molecule has 0 aliphatic carbocycles. The van der Waals surface area contributed by atoms with Gasteiger partial charge >= 0.3 is 11.9 Å². The van der Waals surface area contributed by atoms with Crippen LogP contribution < -0.4 is 0 Å². The zero-order chi connectivity index (χ0) is 15.7. The summed E-state index contributed by atoms with van der Waals surface area (Å²) in [5.41, 5.74) is 0. The van der Waals surface area contributed by atoms with Crippen LogP contribution in [-0.2, 0) is 28.8 Å². The Kier molecular flexibility index (Phi) is 7.42. The molecule has 0 spiro atoms. The Hall–Kier alpha value is -1.92. The Morgan fingerprint density at radius 1 is 0.952 bits per heavy atom. The van der Waals surface area contributed by atoms with E-state index in [4.69, 9.17) is 9.57 Å². The molecule has 1 heterocycles. The molecule has 2 amide bonds. The maximum absolute atomic E-state index is 11.5. The average molecular weight is 299 g/mol. The van der Waals surface area contributed by atoms with Crippen molar-refractivity contribution in [1.29, 1.82) is 0 Å². The van der Waals surface area contributed by atoms with Gasteiger partial charge < -0.3 is 9.57 Å². The largest absolute Gasteiger partial charge is 0.466 e. The molecule has 1 aliphatic rings. The lowest BCUT2D eigenvalue weighted by molar-refractivity contribution is -0.197. The summed E-state index contributed by atoms with van der Waals surface area (Å²) in [7, 11) is 0. The lowest BCUT2D eigenvalue weighted by Gasteiger charge is -2.12. The summed E-state index contributed by atoms with van der Waals surface area (Å²) in [5, 5.41) is 0.559. The summed E-state index contributed by atoms with van der Waals surface area (Å²) in [6, 6.07) is 0. The van der Waals surface area contributed by atoms with E-state index < -0.39 is 17.8 Å². The minimum atomic E-state index is -0.580. The van der Waals surface area contributed by atoms with E-state index in [1.807, 2.05) is 0 Å². The van der Waals surface area contributed by atoms with Crippen molar-refractivity contribution in [1.82, 2.24) is 5.06 Å². The summed E-state index contributed by atoms with van der Waals surface area (Å²) < 4.78 is 4.80. The maximum Gasteiger partial charge on any atom is 0.333 e. The van der Waals surface area contributed by atoms with E-state index >= 15 is 0 Å². The Morgan fingerprint density at radius 2 is 1.48 bits per heavy atom. The first-order chi connectivity index (χ1) is 10.0. The van der Waals surface area contributed by atoms with E-state index in [0.717, 1.165) is 19.3 Å². The number of amides is 2. The van der Waals surface area contributed by atoms with E-state index in [1.54, 1.807) is 6.92 Å². The molecule has 0 unspecified atom stereocenters. The van der Waals surface area contributed by atoms with Crippen LogP contribution in [0.3, 0.4) is 0 Å². The molecule has 7 nitrogen and oxygen atoms in total. The molecule has 1 aliphatic heterocycles. The van der Waals surface area contributed by atoms with Crippen molar-refractivity contribution in [3.8, 4) is 0 Å². The first kappa shape index (κ1) is 17.1. The van der Waals surface area contributed by atoms with Crippen molar-refractivity contribution in [2.75, 3.05) is 6.61 Å². The molecular formula is C14H21NO6. The Labute approximate surface area is 123 Å². The molecule has 0 saturated carbocycles. The van der Waals surface area contributed by atoms with Gasteiger partial charge in [0.25, 0.3) is 11.8 Å². The van der Waals surface area contributed by atoms with Gasteiger partial charge in [-0.05, 0) is 19.8 Å². The second-order valence-electron chi connectivity index (χ2n) is 4.76. The van der Waals surface area contributed by atoms with Crippen molar-refractivity contribution < 1.29 is 28.8 Å². The van der Waals surface area contributed by atoms with E-state index in [0.29, 0.717) is 24.5 Å². The van der Waals surface area contributed by atoms with Crippen molar-refractivity contribution >= 4 is 23.8 Å². The molecule has 7 heteroatoms. The number of imide groups is 1. The number of unbranched alkanes of at least 4 members (excludes halogenated alkanes) is 3. The number of nitrogens with zero attached hydrogens (tertiary/aromatic N) is 1. The van der Waals surface area contributed by atoms with Gasteiger partial charge in [0, 0.05) is 25.7 Å². The van der Waals surface area contributed by atoms with Crippen LogP contribution in [0.2, 0.25) is 0 Å². The van der Waals surface area contributed by atoms with Crippen molar-refractivity contribution in [2.24, 2.45) is 0 Å². The van der Waals surface area contributed by atoms with Gasteiger partial charge in [-0.2, -0.15) is 0 Å². The van der Waals surface area contributed by atoms with Gasteiger partial charge in [-0.3, -0.25) is 14.4 Å². The number of hydrogen-bond donors (Lipinski definition) is 0. The van der Waals surface area contributed by atoms with Gasteiger partial charge in [0.05, 0.1) is 6.61 Å². The zero-order valence-corrected chi connectivity index (χ0v) is 12.3. The molecule has 0 atom stereocenters. The average Bonchev–Trinajstić information content (AvgIpc) is 2.75. The predicted octanol–water partition coefficient (Wildman–Crippen LogP) is 1.50. The second-order valence-corrected chi connectivity index (χ2v) is 4.76. The molecule has 0 aromatic rings. The van der Waals surface area contributed by atoms with Crippen LogP contribution in [0.5, 0.6) is 0 Å². The Balaban J connectivity index is 2.05. The smallest absolute Gasteiger partial charge is 0.333 e. The summed E-state index contributed by atoms with van der Waals surface area (Å²) in [4.78, 5) is 49.8. The third-order valence-electron chi connectivity index (χ3n) is 3.02. The highest BCUT2D eigenvalue weighted by molar-refractivity contribution is 6.01. The van der Waals surface area contributed by atoms with Crippen molar-refractivity contribution in [2.45, 2.75) is 58.3 Å². The number of esters is 1. The van der Waals surface area contributed by atoms with Crippen LogP contribution in [-0.4, -0.2) is 35.4 Å². The van der Waals surface area contributed by atoms with Gasteiger partial charge in [0.1, 0.15) is 0 Å². The first-order valence-electron chi connectivity index (χ1n) is 7.26. The molecule has 0 radical (unpaired) electrons. The molecule has 0 aromatic carbocycles. The van der Waals surface area contributed by atoms with Gasteiger partial charge in [-0.1, -0.05) is 12.8 Å². The standard InChI is InChI=1S/C14H21NO6/c1-2-20-13(18)7-5-3-4-6-8-14(19)21-15-11(16)9-10-12(15)17/h2-10H2,1H3. The fraction of sp³-hybridized carbons (Fsp3) is 0.714. The highest BCUT2D eigenvalue weighted by Gasteiger charge is 2.32. The minimum Gasteiger partial charge on any atom is -0.466 e. The van der Waals surface area contributed by atoms with E-state index in [1.165, 1.54) is 0 Å². The van der Waals surface area contributed by atoms with Crippen LogP contribution in [0.4, 0.5) is 0 Å². The SMILES string of the molecule is CCOC(=O)CCCCCCC(=O)ON1C(=O)CCC1=O. The third kappa shape index (κ3) is 6.37. The zero-order valence-electron chi connectivity index (χ0n) is 12.3. The third-order valence-corrected chi connectivity index (χ3v) is 3.02. The van der Waals surface area contributed by atoms with Crippen LogP contribution >= 0.6 is 0 Å². The molecule has 0 bridgehead atoms. The number of carbonyl (C=O) groups is 4. The monoisotopic (exact) mass is 299 g/mol. The van der Waals surface area contributed by atoms with Gasteiger partial charge in [-0.15, -0.1) is 5.06 Å². The predicted molar refractivity (Wildman–Crippen MR) is 71.5 cm³/mol. The number of ether oxygens (including phenoxy) is 1. The molecule has 1 rings (SSSR count). The molecule has 1 saturated heterocycles. The number of hydrogen-bond acceptors (Lipinski definition) is 6. The molecule has 118 valence electrons. The number of carbonyl (C=O) groups excluding carboxylic acids is 4. The Morgan fingerprint density at radius 3 is 2.00 bits per heavy atom. The second kappa shape index (κ2) is 9.10. The van der Waals surface area contributed by atoms with Crippen LogP contribution in [0.15, 0.2) is 0 Å². The summed E-state index contributed by atoms with van der Waals surface area (Å²) in [5.74, 6) is -1.72. The quantitative estimate of drug-likeness (QED) is 0.364. The number of hydroxylamine groups is 2. The topological polar surface area (TPSA) is 90.0 Å². The fourth-order valence-electron chi connectivity index (χ4n) is 1.93. The van der Waals surface area contributed by atoms with E-state index in [2.05, 4.69) is 0 Å². The summed E-state index contributed by atoms with van der Waals surface area (Å²) in [6.07, 6.45) is 3.63. The summed E-state index contributed by atoms with van der Waals surface area (Å²) in [6.45, 7) is 2.15. The minimum absolute atomic E-state index is 0.0972. The lowest BCUT2D eigenvalue weighted by atomic mass is 10.1. The maximum atomic E-state index is 11.5. The van der Waals surface area contributed by atoms with Gasteiger partial charge in [-0.25, -0.2) is 4.79 Å². The normalized spacial score (nSPS) is 14.4. The highest BCUT2D eigenvalue weighted by atomic mass is 16.7. The molecule has 0 N–H and O–H groups in total. The Bertz CT molecular complexity index is 390. The molecular weight excluding hydrogens is 278 g/mol.